The maximum atomic E-state index is 11.2. The fraction of sp³-hybridized carbons (Fsp3) is 0.100. The first-order chi connectivity index (χ1) is 6.76. The van der Waals surface area contributed by atoms with Crippen LogP contribution in [0, 0.1) is 0 Å². The van der Waals surface area contributed by atoms with E-state index in [0.717, 1.165) is 0 Å². The molecule has 4 heteroatoms. The van der Waals surface area contributed by atoms with Crippen molar-refractivity contribution in [2.45, 2.75) is 5.54 Å². The lowest BCUT2D eigenvalue weighted by Gasteiger charge is -2.22. The maximum absolute atomic E-state index is 11.2. The van der Waals surface area contributed by atoms with Gasteiger partial charge >= 0.3 is 5.97 Å². The average molecular weight is 190 g/mol. The van der Waals surface area contributed by atoms with Crippen molar-refractivity contribution in [3.63, 3.8) is 0 Å². The summed E-state index contributed by atoms with van der Waals surface area (Å²) in [6, 6.07) is 9.03. The molecule has 1 unspecified atom stereocenters. The summed E-state index contributed by atoms with van der Waals surface area (Å²) in [7, 11) is 0. The zero-order valence-corrected chi connectivity index (χ0v) is 7.40. The first-order valence-corrected chi connectivity index (χ1v) is 4.25. The molecule has 0 bridgehead atoms. The lowest BCUT2D eigenvalue weighted by molar-refractivity contribution is -0.143. The molecule has 0 aliphatic carbocycles. The van der Waals surface area contributed by atoms with Gasteiger partial charge in [0.2, 0.25) is 0 Å². The molecule has 0 aromatic heterocycles. The predicted octanol–water partition coefficient (Wildman–Crippen LogP) is 0.588. The summed E-state index contributed by atoms with van der Waals surface area (Å²) in [4.78, 5) is 11.2. The minimum Gasteiger partial charge on any atom is -0.479 e. The van der Waals surface area contributed by atoms with E-state index in [2.05, 4.69) is 10.9 Å². The Morgan fingerprint density at radius 1 is 1.29 bits per heavy atom. The second kappa shape index (κ2) is 3.16. The van der Waals surface area contributed by atoms with Crippen molar-refractivity contribution in [1.82, 2.24) is 10.9 Å². The molecule has 0 amide bonds. The van der Waals surface area contributed by atoms with E-state index in [1.54, 1.807) is 24.4 Å². The minimum absolute atomic E-state index is 0.703. The highest BCUT2D eigenvalue weighted by atomic mass is 16.4. The quantitative estimate of drug-likeness (QED) is 0.638. The van der Waals surface area contributed by atoms with E-state index < -0.39 is 11.5 Å². The van der Waals surface area contributed by atoms with Gasteiger partial charge in [0.1, 0.15) is 0 Å². The van der Waals surface area contributed by atoms with Gasteiger partial charge in [0.25, 0.3) is 0 Å². The van der Waals surface area contributed by atoms with Crippen LogP contribution >= 0.6 is 0 Å². The van der Waals surface area contributed by atoms with Gasteiger partial charge in [-0.15, -0.1) is 0 Å². The van der Waals surface area contributed by atoms with Gasteiger partial charge in [-0.1, -0.05) is 30.3 Å². The number of hydrazine groups is 1. The van der Waals surface area contributed by atoms with Crippen molar-refractivity contribution < 1.29 is 9.90 Å². The van der Waals surface area contributed by atoms with Crippen LogP contribution in [0.15, 0.2) is 42.6 Å². The standard InChI is InChI=1S/C10H10N2O2/c13-9(14)10(6-7-11-12-10)8-4-2-1-3-5-8/h1-7,11-12H,(H,13,14). The topological polar surface area (TPSA) is 61.4 Å². The summed E-state index contributed by atoms with van der Waals surface area (Å²) in [6.07, 6.45) is 3.17. The Balaban J connectivity index is 2.47. The number of aliphatic carboxylic acids is 1. The average Bonchev–Trinajstić information content (AvgIpc) is 2.69. The first-order valence-electron chi connectivity index (χ1n) is 4.25. The molecule has 1 atom stereocenters. The normalized spacial score (nSPS) is 24.6. The molecule has 0 spiro atoms. The van der Waals surface area contributed by atoms with Crippen molar-refractivity contribution in [3.05, 3.63) is 48.2 Å². The number of rotatable bonds is 2. The third-order valence-electron chi connectivity index (χ3n) is 2.25. The van der Waals surface area contributed by atoms with Crippen LogP contribution in [0.2, 0.25) is 0 Å². The summed E-state index contributed by atoms with van der Waals surface area (Å²) < 4.78 is 0. The molecule has 3 N–H and O–H groups in total. The minimum atomic E-state index is -1.14. The van der Waals surface area contributed by atoms with E-state index in [-0.39, 0.29) is 0 Å². The van der Waals surface area contributed by atoms with Crippen LogP contribution in [-0.4, -0.2) is 11.1 Å². The lowest BCUT2D eigenvalue weighted by atomic mass is 9.91. The van der Waals surface area contributed by atoms with Crippen molar-refractivity contribution in [2.75, 3.05) is 0 Å². The molecule has 2 rings (SSSR count). The van der Waals surface area contributed by atoms with Crippen LogP contribution in [-0.2, 0) is 10.3 Å². The van der Waals surface area contributed by atoms with Gasteiger partial charge in [-0.2, -0.15) is 0 Å². The van der Waals surface area contributed by atoms with E-state index in [1.807, 2.05) is 18.2 Å². The van der Waals surface area contributed by atoms with Gasteiger partial charge in [-0.25, -0.2) is 10.2 Å². The first kappa shape index (κ1) is 8.77. The summed E-state index contributed by atoms with van der Waals surface area (Å²) in [5, 5.41) is 9.16. The molecule has 1 aromatic carbocycles. The van der Waals surface area contributed by atoms with E-state index in [0.29, 0.717) is 5.56 Å². The summed E-state index contributed by atoms with van der Waals surface area (Å²) in [6.45, 7) is 0. The van der Waals surface area contributed by atoms with Gasteiger partial charge in [0.15, 0.2) is 5.54 Å². The number of nitrogens with one attached hydrogen (secondary N) is 2. The maximum Gasteiger partial charge on any atom is 0.334 e. The van der Waals surface area contributed by atoms with Gasteiger partial charge in [-0.05, 0) is 11.6 Å². The SMILES string of the molecule is O=C(O)C1(c2ccccc2)C=CNN1. The molecule has 0 fully saturated rings. The molecular weight excluding hydrogens is 180 g/mol. The molecule has 0 saturated heterocycles. The third-order valence-corrected chi connectivity index (χ3v) is 2.25. The van der Waals surface area contributed by atoms with Crippen molar-refractivity contribution in [1.29, 1.82) is 0 Å². The molecule has 1 aliphatic rings. The number of hydrogen-bond donors (Lipinski definition) is 3. The highest BCUT2D eigenvalue weighted by Gasteiger charge is 2.39. The summed E-state index contributed by atoms with van der Waals surface area (Å²) >= 11 is 0. The Morgan fingerprint density at radius 3 is 2.50 bits per heavy atom. The van der Waals surface area contributed by atoms with E-state index in [4.69, 9.17) is 5.11 Å². The molecule has 0 radical (unpaired) electrons. The largest absolute Gasteiger partial charge is 0.479 e. The molecule has 14 heavy (non-hydrogen) atoms. The Hall–Kier alpha value is -1.81. The van der Waals surface area contributed by atoms with Crippen LogP contribution in [0.3, 0.4) is 0 Å². The summed E-state index contributed by atoms with van der Waals surface area (Å²) in [5.41, 5.74) is 4.97. The molecule has 4 nitrogen and oxygen atoms in total. The highest BCUT2D eigenvalue weighted by Crippen LogP contribution is 2.24. The van der Waals surface area contributed by atoms with Crippen LogP contribution in [0.4, 0.5) is 0 Å². The predicted molar refractivity (Wildman–Crippen MR) is 51.2 cm³/mol. The van der Waals surface area contributed by atoms with Gasteiger partial charge in [-0.3, -0.25) is 0 Å². The van der Waals surface area contributed by atoms with E-state index >= 15 is 0 Å². The zero-order valence-electron chi connectivity index (χ0n) is 7.40. The van der Waals surface area contributed by atoms with Crippen LogP contribution in [0.25, 0.3) is 0 Å². The van der Waals surface area contributed by atoms with Crippen molar-refractivity contribution in [2.24, 2.45) is 0 Å². The van der Waals surface area contributed by atoms with Crippen LogP contribution in [0.5, 0.6) is 0 Å². The van der Waals surface area contributed by atoms with Crippen molar-refractivity contribution in [3.8, 4) is 0 Å². The number of benzene rings is 1. The molecule has 1 aliphatic heterocycles. The van der Waals surface area contributed by atoms with Gasteiger partial charge in [0.05, 0.1) is 0 Å². The smallest absolute Gasteiger partial charge is 0.334 e. The fourth-order valence-electron chi connectivity index (χ4n) is 1.48. The Morgan fingerprint density at radius 2 is 2.00 bits per heavy atom. The lowest BCUT2D eigenvalue weighted by Crippen LogP contribution is -2.48. The number of carboxylic acids is 1. The monoisotopic (exact) mass is 190 g/mol. The number of hydrogen-bond acceptors (Lipinski definition) is 3. The van der Waals surface area contributed by atoms with E-state index in [1.165, 1.54) is 0 Å². The van der Waals surface area contributed by atoms with Crippen LogP contribution in [0.1, 0.15) is 5.56 Å². The van der Waals surface area contributed by atoms with Gasteiger partial charge in [0, 0.05) is 6.20 Å². The molecule has 1 aromatic rings. The molecule has 0 saturated carbocycles. The van der Waals surface area contributed by atoms with Crippen molar-refractivity contribution >= 4 is 5.97 Å². The second-order valence-electron chi connectivity index (χ2n) is 3.08. The highest BCUT2D eigenvalue weighted by molar-refractivity contribution is 5.83. The second-order valence-corrected chi connectivity index (χ2v) is 3.08. The fourth-order valence-corrected chi connectivity index (χ4v) is 1.48. The van der Waals surface area contributed by atoms with E-state index in [9.17, 15) is 4.79 Å². The summed E-state index contributed by atoms with van der Waals surface area (Å²) in [5.74, 6) is -0.926. The Labute approximate surface area is 81.2 Å². The molecular formula is C10H10N2O2. The Kier molecular flexibility index (Phi) is 1.98. The van der Waals surface area contributed by atoms with Gasteiger partial charge < -0.3 is 10.5 Å². The van der Waals surface area contributed by atoms with Crippen LogP contribution < -0.4 is 10.9 Å². The number of carbonyl (C=O) groups is 1. The molecule has 72 valence electrons. The zero-order chi connectivity index (χ0) is 10.0. The third kappa shape index (κ3) is 1.16. The Bertz CT molecular complexity index is 375. The number of carboxylic acid groups (broad SMARTS) is 1. The molecule has 1 heterocycles.